The van der Waals surface area contributed by atoms with E-state index in [1.807, 2.05) is 11.3 Å². The van der Waals surface area contributed by atoms with Crippen LogP contribution in [0.1, 0.15) is 51.3 Å². The molecule has 0 bridgehead atoms. The number of nitrogens with zero attached hydrogens (tertiary/aromatic N) is 1. The summed E-state index contributed by atoms with van der Waals surface area (Å²) in [5, 5.41) is 11.5. The molecule has 0 radical (unpaired) electrons. The van der Waals surface area contributed by atoms with Gasteiger partial charge in [0.05, 0.1) is 5.52 Å². The van der Waals surface area contributed by atoms with E-state index in [1.165, 1.54) is 97.5 Å². The zero-order valence-corrected chi connectivity index (χ0v) is 35.1. The van der Waals surface area contributed by atoms with Crippen molar-refractivity contribution in [1.29, 1.82) is 0 Å². The first-order valence-electron chi connectivity index (χ1n) is 21.1. The number of nitrogens with one attached hydrogen (secondary N) is 1. The summed E-state index contributed by atoms with van der Waals surface area (Å²) >= 11 is 1.90. The molecule has 60 heavy (non-hydrogen) atoms. The van der Waals surface area contributed by atoms with Gasteiger partial charge in [-0.05, 0) is 98.9 Å². The maximum absolute atomic E-state index is 6.57. The van der Waals surface area contributed by atoms with E-state index in [0.717, 1.165) is 40.6 Å². The summed E-state index contributed by atoms with van der Waals surface area (Å²) in [6, 6.07) is 54.6. The second kappa shape index (κ2) is 11.8. The van der Waals surface area contributed by atoms with Crippen molar-refractivity contribution in [3.63, 3.8) is 0 Å². The van der Waals surface area contributed by atoms with Gasteiger partial charge in [-0.3, -0.25) is 0 Å². The van der Waals surface area contributed by atoms with Crippen LogP contribution >= 0.6 is 11.3 Å². The maximum atomic E-state index is 6.57. The van der Waals surface area contributed by atoms with Gasteiger partial charge in [-0.1, -0.05) is 125 Å². The monoisotopic (exact) mass is 788 g/mol. The summed E-state index contributed by atoms with van der Waals surface area (Å²) in [6.45, 7) is 11.6. The quantitative estimate of drug-likeness (QED) is 0.181. The molecule has 0 saturated heterocycles. The van der Waals surface area contributed by atoms with Crippen LogP contribution in [0.4, 0.5) is 11.4 Å². The summed E-state index contributed by atoms with van der Waals surface area (Å²) in [7, 11) is 0.835. The van der Waals surface area contributed by atoms with Crippen LogP contribution in [0.2, 0.25) is 0 Å². The Morgan fingerprint density at radius 1 is 0.583 bits per heavy atom. The van der Waals surface area contributed by atoms with Crippen molar-refractivity contribution in [2.24, 2.45) is 0 Å². The van der Waals surface area contributed by atoms with E-state index >= 15 is 0 Å². The molecule has 3 aromatic heterocycles. The van der Waals surface area contributed by atoms with Gasteiger partial charge in [0.25, 0.3) is 0 Å². The van der Waals surface area contributed by atoms with Crippen LogP contribution in [0.3, 0.4) is 0 Å². The predicted octanol–water partition coefficient (Wildman–Crippen LogP) is 13.8. The number of anilines is 2. The zero-order valence-electron chi connectivity index (χ0n) is 34.3. The molecule has 3 nitrogen and oxygen atoms in total. The largest absolute Gasteiger partial charge is 0.456 e. The van der Waals surface area contributed by atoms with E-state index in [-0.39, 0.29) is 10.8 Å². The fraction of sp³-hybridized carbons (Fsp3) is 0.127. The maximum Gasteiger partial charge on any atom is 0.198 e. The Labute approximate surface area is 353 Å². The SMILES string of the molecule is CC(C)(C)c1ccc(Nc2cc3c(cc2-c2ccc4c5cc6c(cc5n5c4c2Bc2cc4sc7ccccc7c4cc2-5)oc2ccccc26)C(C)(C)c2ccccc2-3)cc1. The summed E-state index contributed by atoms with van der Waals surface area (Å²) in [4.78, 5) is 0. The molecule has 4 heterocycles. The number of hydrogen-bond donors (Lipinski definition) is 1. The third-order valence-electron chi connectivity index (χ3n) is 13.8. The summed E-state index contributed by atoms with van der Waals surface area (Å²) in [5.74, 6) is 0. The lowest BCUT2D eigenvalue weighted by molar-refractivity contribution is 0.590. The molecule has 2 aliphatic rings. The molecular weight excluding hydrogens is 747 g/mol. The fourth-order valence-corrected chi connectivity index (χ4v) is 11.8. The lowest BCUT2D eigenvalue weighted by atomic mass is 9.59. The Morgan fingerprint density at radius 3 is 2.22 bits per heavy atom. The topological polar surface area (TPSA) is 30.1 Å². The smallest absolute Gasteiger partial charge is 0.198 e. The van der Waals surface area contributed by atoms with E-state index in [0.29, 0.717) is 0 Å². The molecule has 0 amide bonds. The number of hydrogen-bond acceptors (Lipinski definition) is 3. The van der Waals surface area contributed by atoms with Crippen LogP contribution in [0.5, 0.6) is 0 Å². The first kappa shape index (κ1) is 34.3. The number of benzene rings is 8. The number of fused-ring (bicyclic) bond motifs is 14. The van der Waals surface area contributed by atoms with Crippen LogP contribution < -0.4 is 16.2 Å². The van der Waals surface area contributed by atoms with Crippen LogP contribution in [-0.4, -0.2) is 11.8 Å². The first-order valence-corrected chi connectivity index (χ1v) is 21.9. The van der Waals surface area contributed by atoms with Gasteiger partial charge < -0.3 is 14.3 Å². The van der Waals surface area contributed by atoms with Crippen LogP contribution in [-0.2, 0) is 10.8 Å². The lowest BCUT2D eigenvalue weighted by Gasteiger charge is -2.26. The van der Waals surface area contributed by atoms with Crippen molar-refractivity contribution in [3.05, 3.63) is 162 Å². The average Bonchev–Trinajstić information content (AvgIpc) is 3.96. The van der Waals surface area contributed by atoms with Crippen molar-refractivity contribution in [1.82, 2.24) is 4.57 Å². The predicted molar refractivity (Wildman–Crippen MR) is 259 cm³/mol. The van der Waals surface area contributed by atoms with Gasteiger partial charge in [-0.15, -0.1) is 11.3 Å². The Hall–Kier alpha value is -6.56. The normalized spacial score (nSPS) is 14.0. The van der Waals surface area contributed by atoms with Crippen LogP contribution in [0.15, 0.2) is 150 Å². The third-order valence-corrected chi connectivity index (χ3v) is 14.9. The van der Waals surface area contributed by atoms with Crippen molar-refractivity contribution in [2.75, 3.05) is 5.32 Å². The zero-order chi connectivity index (χ0) is 40.2. The molecule has 5 heteroatoms. The minimum Gasteiger partial charge on any atom is -0.456 e. The summed E-state index contributed by atoms with van der Waals surface area (Å²) < 4.78 is 11.8. The average molecular weight is 789 g/mol. The van der Waals surface area contributed by atoms with Gasteiger partial charge in [0.15, 0.2) is 7.28 Å². The second-order valence-corrected chi connectivity index (χ2v) is 19.7. The highest BCUT2D eigenvalue weighted by molar-refractivity contribution is 7.26. The summed E-state index contributed by atoms with van der Waals surface area (Å²) in [6.07, 6.45) is 0. The van der Waals surface area contributed by atoms with Gasteiger partial charge in [0.1, 0.15) is 11.2 Å². The van der Waals surface area contributed by atoms with Crippen molar-refractivity contribution < 1.29 is 4.42 Å². The molecule has 0 spiro atoms. The summed E-state index contributed by atoms with van der Waals surface area (Å²) in [5.41, 5.74) is 19.6. The fourth-order valence-electron chi connectivity index (χ4n) is 10.7. The molecule has 8 aromatic carbocycles. The Balaban J connectivity index is 1.11. The highest BCUT2D eigenvalue weighted by Crippen LogP contribution is 2.52. The minimum atomic E-state index is -0.139. The van der Waals surface area contributed by atoms with E-state index in [1.54, 1.807) is 0 Å². The molecular formula is C55H41BN2OS. The van der Waals surface area contributed by atoms with E-state index in [9.17, 15) is 0 Å². The lowest BCUT2D eigenvalue weighted by Crippen LogP contribution is -2.37. The van der Waals surface area contributed by atoms with Crippen molar-refractivity contribution in [2.45, 2.75) is 45.4 Å². The molecule has 0 saturated carbocycles. The van der Waals surface area contributed by atoms with Crippen molar-refractivity contribution >= 4 is 105 Å². The van der Waals surface area contributed by atoms with Gasteiger partial charge in [-0.25, -0.2) is 0 Å². The highest BCUT2D eigenvalue weighted by Gasteiger charge is 2.37. The van der Waals surface area contributed by atoms with Gasteiger partial charge in [0, 0.05) is 81.3 Å². The molecule has 0 fully saturated rings. The standard InChI is InChI=1S/C55H41BN2OS/c1-54(2,3)30-18-20-31(21-19-30)57-45-26-37-32-12-6-9-15-42(32)55(4,5)43(37)25-38(45)35-22-23-36-39-24-40-33-13-7-10-16-48(33)59-49(40)29-46(39)58-47-27-41-34-14-8-11-17-50(34)60-51(41)28-44(47)56-52(35)53(36)58/h6-29,56-57H,1-5H3. The molecule has 13 rings (SSSR count). The van der Waals surface area contributed by atoms with Crippen LogP contribution in [0, 0.1) is 0 Å². The molecule has 11 aromatic rings. The number of para-hydroxylation sites is 1. The van der Waals surface area contributed by atoms with E-state index in [4.69, 9.17) is 4.42 Å². The third kappa shape index (κ3) is 4.67. The van der Waals surface area contributed by atoms with Gasteiger partial charge in [0.2, 0.25) is 0 Å². The highest BCUT2D eigenvalue weighted by atomic mass is 32.1. The van der Waals surface area contributed by atoms with E-state index < -0.39 is 0 Å². The Morgan fingerprint density at radius 2 is 1.37 bits per heavy atom. The Bertz CT molecular complexity index is 3670. The minimum absolute atomic E-state index is 0.0798. The van der Waals surface area contributed by atoms with Gasteiger partial charge >= 0.3 is 0 Å². The van der Waals surface area contributed by atoms with Crippen LogP contribution in [0.25, 0.3) is 91.9 Å². The van der Waals surface area contributed by atoms with Crippen molar-refractivity contribution in [3.8, 4) is 27.9 Å². The number of rotatable bonds is 3. The van der Waals surface area contributed by atoms with E-state index in [2.05, 4.69) is 190 Å². The molecule has 1 N–H and O–H groups in total. The molecule has 0 unspecified atom stereocenters. The number of aromatic nitrogens is 1. The Kier molecular flexibility index (Phi) is 6.75. The molecule has 0 atom stereocenters. The molecule has 1 aliphatic carbocycles. The second-order valence-electron chi connectivity index (χ2n) is 18.6. The van der Waals surface area contributed by atoms with Gasteiger partial charge in [-0.2, -0.15) is 0 Å². The number of furan rings is 1. The molecule has 286 valence electrons. The number of thiophene rings is 1. The molecule has 1 aliphatic heterocycles. The first-order chi connectivity index (χ1) is 29.1.